The zero-order valence-corrected chi connectivity index (χ0v) is 20.9. The largest absolute Gasteiger partial charge is 0.508 e. The quantitative estimate of drug-likeness (QED) is 0.157. The molecule has 1 aliphatic rings. The molecule has 12 heteroatoms. The van der Waals surface area contributed by atoms with E-state index in [2.05, 4.69) is 0 Å². The molecule has 0 bridgehead atoms. The van der Waals surface area contributed by atoms with Crippen molar-refractivity contribution in [1.29, 1.82) is 0 Å². The third-order valence-corrected chi connectivity index (χ3v) is 6.42. The molecule has 1 aromatic heterocycles. The normalized spacial score (nSPS) is 23.0. The van der Waals surface area contributed by atoms with Crippen molar-refractivity contribution < 1.29 is 49.0 Å². The zero-order chi connectivity index (χ0) is 28.1. The summed E-state index contributed by atoms with van der Waals surface area (Å²) in [6.45, 7) is 0.193. The molecule has 1 aliphatic heterocycles. The lowest BCUT2D eigenvalue weighted by molar-refractivity contribution is -0.278. The maximum Gasteiger partial charge on any atom is 0.305 e. The number of aliphatic hydroxyl groups excluding tert-OH is 3. The smallest absolute Gasteiger partial charge is 0.305 e. The van der Waals surface area contributed by atoms with Gasteiger partial charge in [0.25, 0.3) is 0 Å². The molecule has 1 fully saturated rings. The number of esters is 1. The Morgan fingerprint density at radius 1 is 0.974 bits per heavy atom. The van der Waals surface area contributed by atoms with Crippen LogP contribution in [0.1, 0.15) is 25.7 Å². The van der Waals surface area contributed by atoms with Crippen LogP contribution < -0.4 is 15.9 Å². The highest BCUT2D eigenvalue weighted by Crippen LogP contribution is 2.31. The van der Waals surface area contributed by atoms with E-state index in [9.17, 15) is 35.1 Å². The van der Waals surface area contributed by atoms with Crippen LogP contribution in [0.2, 0.25) is 0 Å². The number of fused-ring (bicyclic) bond motifs is 1. The summed E-state index contributed by atoms with van der Waals surface area (Å²) in [5, 5.41) is 50.6. The van der Waals surface area contributed by atoms with Crippen LogP contribution in [0.4, 0.5) is 0 Å². The minimum atomic E-state index is -1.62. The van der Waals surface area contributed by atoms with Crippen molar-refractivity contribution in [3.05, 3.63) is 52.9 Å². The second-order valence-electron chi connectivity index (χ2n) is 9.26. The zero-order valence-electron chi connectivity index (χ0n) is 20.9. The molecular weight excluding hydrogens is 514 g/mol. The van der Waals surface area contributed by atoms with Gasteiger partial charge in [-0.05, 0) is 37.1 Å². The highest BCUT2D eigenvalue weighted by Gasteiger charge is 2.45. The van der Waals surface area contributed by atoms with Crippen LogP contribution >= 0.6 is 0 Å². The van der Waals surface area contributed by atoms with Crippen molar-refractivity contribution in [2.24, 2.45) is 5.73 Å². The monoisotopic (exact) mass is 545 g/mol. The summed E-state index contributed by atoms with van der Waals surface area (Å²) in [7, 11) is 0. The molecule has 5 atom stereocenters. The molecule has 2 heterocycles. The summed E-state index contributed by atoms with van der Waals surface area (Å²) in [5.74, 6) is -0.947. The Morgan fingerprint density at radius 3 is 2.44 bits per heavy atom. The molecule has 12 nitrogen and oxygen atoms in total. The first kappa shape index (κ1) is 28.3. The van der Waals surface area contributed by atoms with Crippen LogP contribution in [0, 0.1) is 0 Å². The first-order chi connectivity index (χ1) is 18.7. The number of nitrogens with two attached hydrogens (primary N) is 1. The van der Waals surface area contributed by atoms with Gasteiger partial charge in [-0.15, -0.1) is 0 Å². The Hall–Kier alpha value is -3.68. The van der Waals surface area contributed by atoms with E-state index in [-0.39, 0.29) is 41.1 Å². The molecule has 0 unspecified atom stereocenters. The first-order valence-electron chi connectivity index (χ1n) is 12.5. The van der Waals surface area contributed by atoms with E-state index in [4.69, 9.17) is 24.4 Å². The van der Waals surface area contributed by atoms with Gasteiger partial charge in [0.2, 0.25) is 11.7 Å². The summed E-state index contributed by atoms with van der Waals surface area (Å²) in [4.78, 5) is 24.9. The summed E-state index contributed by atoms with van der Waals surface area (Å²) in [5.41, 5.74) is 5.52. The number of phenols is 2. The number of hydrogen-bond donors (Lipinski definition) is 6. The Kier molecular flexibility index (Phi) is 9.04. The molecule has 39 heavy (non-hydrogen) atoms. The van der Waals surface area contributed by atoms with E-state index in [1.165, 1.54) is 36.6 Å². The van der Waals surface area contributed by atoms with Crippen LogP contribution in [0.3, 0.4) is 0 Å². The molecule has 0 spiro atoms. The van der Waals surface area contributed by atoms with Gasteiger partial charge in [-0.2, -0.15) is 0 Å². The molecule has 3 aromatic rings. The summed E-state index contributed by atoms with van der Waals surface area (Å²) >= 11 is 0. The van der Waals surface area contributed by atoms with Crippen molar-refractivity contribution in [3.8, 4) is 28.4 Å². The van der Waals surface area contributed by atoms with Gasteiger partial charge in [-0.3, -0.25) is 9.59 Å². The van der Waals surface area contributed by atoms with Gasteiger partial charge in [0.05, 0.1) is 5.56 Å². The number of carbonyl (C=O) groups excluding carboxylic acids is 1. The molecule has 210 valence electrons. The van der Waals surface area contributed by atoms with Crippen molar-refractivity contribution in [2.45, 2.75) is 56.4 Å². The molecule has 7 N–H and O–H groups in total. The Morgan fingerprint density at radius 2 is 1.72 bits per heavy atom. The van der Waals surface area contributed by atoms with Crippen LogP contribution in [-0.2, 0) is 14.3 Å². The number of hydrogen-bond acceptors (Lipinski definition) is 12. The second kappa shape index (κ2) is 12.5. The van der Waals surface area contributed by atoms with Crippen molar-refractivity contribution in [1.82, 2.24) is 0 Å². The Balaban J connectivity index is 1.42. The molecule has 0 amide bonds. The molecular formula is C27H31NO11. The Bertz CT molecular complexity index is 1340. The number of unbranched alkanes of at least 4 members (excludes halogenated alkanes) is 2. The standard InChI is InChI=1S/C27H31NO11/c28-9-3-1-2-4-21(31)37-13-20-24(33)25(34)26(35)27(39-20)38-16-7-5-14(6-8-16)17-12-36-19-11-15(29)10-18(30)22(19)23(17)32/h5-8,10-12,20,24-27,29-30,33-35H,1-4,9,13,28H2/t20-,24+,25+,26-,27-/m0/s1. The number of aliphatic hydroxyl groups is 3. The predicted octanol–water partition coefficient (Wildman–Crippen LogP) is 1.12. The first-order valence-corrected chi connectivity index (χ1v) is 12.5. The Labute approximate surface area is 222 Å². The van der Waals surface area contributed by atoms with Gasteiger partial charge in [0.1, 0.15) is 65.5 Å². The fraction of sp³-hybridized carbons (Fsp3) is 0.407. The predicted molar refractivity (Wildman–Crippen MR) is 137 cm³/mol. The molecule has 1 saturated heterocycles. The van der Waals surface area contributed by atoms with Gasteiger partial charge in [-0.1, -0.05) is 18.6 Å². The number of aromatic hydroxyl groups is 2. The van der Waals surface area contributed by atoms with Gasteiger partial charge in [0.15, 0.2) is 0 Å². The molecule has 0 radical (unpaired) electrons. The number of phenolic OH excluding ortho intramolecular Hbond substituents is 2. The fourth-order valence-electron chi connectivity index (χ4n) is 4.25. The van der Waals surface area contributed by atoms with Crippen molar-refractivity contribution >= 4 is 16.9 Å². The van der Waals surface area contributed by atoms with Crippen LogP contribution in [0.15, 0.2) is 51.9 Å². The lowest BCUT2D eigenvalue weighted by Gasteiger charge is -2.39. The third-order valence-electron chi connectivity index (χ3n) is 6.42. The van der Waals surface area contributed by atoms with E-state index in [0.29, 0.717) is 18.5 Å². The minimum Gasteiger partial charge on any atom is -0.508 e. The van der Waals surface area contributed by atoms with Crippen molar-refractivity contribution in [3.63, 3.8) is 0 Å². The number of rotatable bonds is 10. The van der Waals surface area contributed by atoms with Gasteiger partial charge >= 0.3 is 5.97 Å². The summed E-state index contributed by atoms with van der Waals surface area (Å²) < 4.78 is 21.8. The number of benzene rings is 2. The molecule has 0 aliphatic carbocycles. The minimum absolute atomic E-state index is 0.0252. The van der Waals surface area contributed by atoms with Gasteiger partial charge in [-0.25, -0.2) is 0 Å². The van der Waals surface area contributed by atoms with E-state index in [1.54, 1.807) is 0 Å². The number of carbonyl (C=O) groups is 1. The van der Waals surface area contributed by atoms with Crippen molar-refractivity contribution in [2.75, 3.05) is 13.2 Å². The van der Waals surface area contributed by atoms with Crippen LogP contribution in [0.5, 0.6) is 17.2 Å². The third kappa shape index (κ3) is 6.49. The topological polar surface area (TPSA) is 202 Å². The average Bonchev–Trinajstić information content (AvgIpc) is 2.91. The maximum absolute atomic E-state index is 12.9. The molecule has 4 rings (SSSR count). The SMILES string of the molecule is NCCCCCC(=O)OC[C@@H]1O[C@H](Oc2ccc(-c3coc4cc(O)cc(O)c4c3=O)cc2)[C@@H](O)[C@H](O)[C@@H]1O. The van der Waals surface area contributed by atoms with E-state index < -0.39 is 47.9 Å². The van der Waals surface area contributed by atoms with Gasteiger partial charge in [0, 0.05) is 18.6 Å². The van der Waals surface area contributed by atoms with E-state index in [1.807, 2.05) is 0 Å². The number of ether oxygens (including phenoxy) is 3. The summed E-state index contributed by atoms with van der Waals surface area (Å²) in [6.07, 6.45) is -3.70. The lowest BCUT2D eigenvalue weighted by Crippen LogP contribution is -2.60. The fourth-order valence-corrected chi connectivity index (χ4v) is 4.25. The maximum atomic E-state index is 12.9. The van der Waals surface area contributed by atoms with E-state index >= 15 is 0 Å². The van der Waals surface area contributed by atoms with Crippen LogP contribution in [0.25, 0.3) is 22.1 Å². The van der Waals surface area contributed by atoms with E-state index in [0.717, 1.165) is 18.9 Å². The van der Waals surface area contributed by atoms with Gasteiger partial charge < -0.3 is 49.9 Å². The highest BCUT2D eigenvalue weighted by atomic mass is 16.7. The molecule has 2 aromatic carbocycles. The van der Waals surface area contributed by atoms with Crippen LogP contribution in [-0.4, -0.2) is 75.4 Å². The highest BCUT2D eigenvalue weighted by molar-refractivity contribution is 5.88. The molecule has 0 saturated carbocycles. The second-order valence-corrected chi connectivity index (χ2v) is 9.26. The summed E-state index contributed by atoms with van der Waals surface area (Å²) in [6, 6.07) is 8.30. The lowest BCUT2D eigenvalue weighted by atomic mass is 9.99. The average molecular weight is 546 g/mol.